The van der Waals surface area contributed by atoms with Gasteiger partial charge in [0.25, 0.3) is 0 Å². The molecule has 0 amide bonds. The van der Waals surface area contributed by atoms with Gasteiger partial charge in [-0.2, -0.15) is 10.5 Å². The van der Waals surface area contributed by atoms with Crippen molar-refractivity contribution < 1.29 is 4.63 Å². The molecule has 0 saturated heterocycles. The molecule has 1 aromatic carbocycles. The number of nitrogen functional groups attached to an aromatic ring is 1. The van der Waals surface area contributed by atoms with E-state index in [0.717, 1.165) is 16.8 Å². The third-order valence-corrected chi connectivity index (χ3v) is 3.47. The zero-order valence-electron chi connectivity index (χ0n) is 11.7. The minimum atomic E-state index is 0.341. The molecule has 106 valence electrons. The quantitative estimate of drug-likeness (QED) is 0.763. The van der Waals surface area contributed by atoms with E-state index in [1.54, 1.807) is 18.2 Å². The molecule has 0 bridgehead atoms. The molecular weight excluding hydrogens is 280 g/mol. The molecular formula is C15H10N6O. The zero-order valence-corrected chi connectivity index (χ0v) is 11.7. The molecule has 0 aliphatic heterocycles. The Morgan fingerprint density at radius 1 is 1.18 bits per heavy atom. The van der Waals surface area contributed by atoms with Gasteiger partial charge < -0.3 is 5.73 Å². The number of anilines is 1. The van der Waals surface area contributed by atoms with Gasteiger partial charge in [0.05, 0.1) is 16.8 Å². The molecule has 0 unspecified atom stereocenters. The third kappa shape index (κ3) is 2.11. The number of nitriles is 2. The van der Waals surface area contributed by atoms with Gasteiger partial charge in [-0.25, -0.2) is 9.61 Å². The molecule has 0 saturated carbocycles. The van der Waals surface area contributed by atoms with Gasteiger partial charge >= 0.3 is 0 Å². The van der Waals surface area contributed by atoms with Crippen LogP contribution in [0.5, 0.6) is 0 Å². The molecule has 0 fully saturated rings. The summed E-state index contributed by atoms with van der Waals surface area (Å²) in [6.45, 7) is 1.83. The van der Waals surface area contributed by atoms with Gasteiger partial charge in [-0.3, -0.25) is 0 Å². The molecule has 2 heterocycles. The van der Waals surface area contributed by atoms with E-state index in [2.05, 4.69) is 19.9 Å². The van der Waals surface area contributed by atoms with E-state index < -0.39 is 0 Å². The second-order valence-corrected chi connectivity index (χ2v) is 4.81. The highest BCUT2D eigenvalue weighted by molar-refractivity contribution is 5.85. The first-order valence-corrected chi connectivity index (χ1v) is 6.44. The fraction of sp³-hybridized carbons (Fsp3) is 0.133. The molecule has 7 nitrogen and oxygen atoms in total. The van der Waals surface area contributed by atoms with Crippen LogP contribution in [0.2, 0.25) is 0 Å². The first kappa shape index (κ1) is 13.5. The summed E-state index contributed by atoms with van der Waals surface area (Å²) in [5.41, 5.74) is 10.5. The highest BCUT2D eigenvalue weighted by Gasteiger charge is 2.15. The number of aryl methyl sites for hydroxylation is 1. The van der Waals surface area contributed by atoms with Gasteiger partial charge in [0.15, 0.2) is 5.52 Å². The smallest absolute Gasteiger partial charge is 0.226 e. The average Bonchev–Trinajstić information content (AvgIpc) is 2.99. The van der Waals surface area contributed by atoms with E-state index in [9.17, 15) is 0 Å². The lowest BCUT2D eigenvalue weighted by Gasteiger charge is -2.09. The van der Waals surface area contributed by atoms with Gasteiger partial charge in [0, 0.05) is 17.7 Å². The Balaban J connectivity index is 2.07. The van der Waals surface area contributed by atoms with E-state index in [4.69, 9.17) is 16.3 Å². The molecule has 7 heteroatoms. The Bertz CT molecular complexity index is 961. The third-order valence-electron chi connectivity index (χ3n) is 3.47. The van der Waals surface area contributed by atoms with Crippen LogP contribution in [0.25, 0.3) is 11.2 Å². The van der Waals surface area contributed by atoms with Crippen molar-refractivity contribution in [1.82, 2.24) is 15.3 Å². The maximum atomic E-state index is 9.09. The maximum Gasteiger partial charge on any atom is 0.226 e. The summed E-state index contributed by atoms with van der Waals surface area (Å²) in [6, 6.07) is 9.12. The van der Waals surface area contributed by atoms with Crippen molar-refractivity contribution in [3.8, 4) is 12.1 Å². The van der Waals surface area contributed by atoms with Crippen LogP contribution in [-0.4, -0.2) is 15.3 Å². The Labute approximate surface area is 125 Å². The number of benzene rings is 1. The molecule has 3 rings (SSSR count). The Hall–Kier alpha value is -3.45. The molecule has 0 radical (unpaired) electrons. The van der Waals surface area contributed by atoms with Crippen molar-refractivity contribution in [1.29, 1.82) is 10.5 Å². The van der Waals surface area contributed by atoms with Crippen LogP contribution in [-0.2, 0) is 6.42 Å². The second kappa shape index (κ2) is 5.15. The predicted octanol–water partition coefficient (Wildman–Crippen LogP) is 1.84. The van der Waals surface area contributed by atoms with Crippen LogP contribution in [0.1, 0.15) is 27.9 Å². The summed E-state index contributed by atoms with van der Waals surface area (Å²) in [5, 5.41) is 25.5. The van der Waals surface area contributed by atoms with Gasteiger partial charge in [-0.15, -0.1) is 0 Å². The summed E-state index contributed by atoms with van der Waals surface area (Å²) in [7, 11) is 0. The molecule has 22 heavy (non-hydrogen) atoms. The summed E-state index contributed by atoms with van der Waals surface area (Å²) < 4.78 is 4.65. The van der Waals surface area contributed by atoms with Gasteiger partial charge in [-0.1, -0.05) is 6.07 Å². The number of nitrogens with zero attached hydrogens (tertiary/aromatic N) is 5. The molecule has 3 aromatic rings. The van der Waals surface area contributed by atoms with Crippen LogP contribution in [0.15, 0.2) is 22.8 Å². The van der Waals surface area contributed by atoms with Gasteiger partial charge in [-0.05, 0) is 34.9 Å². The van der Waals surface area contributed by atoms with Crippen LogP contribution in [0.3, 0.4) is 0 Å². The van der Waals surface area contributed by atoms with E-state index in [-0.39, 0.29) is 0 Å². The highest BCUT2D eigenvalue weighted by atomic mass is 16.6. The fourth-order valence-electron chi connectivity index (χ4n) is 2.31. The maximum absolute atomic E-state index is 9.09. The van der Waals surface area contributed by atoms with Crippen molar-refractivity contribution in [3.63, 3.8) is 0 Å². The van der Waals surface area contributed by atoms with Crippen molar-refractivity contribution in [3.05, 3.63) is 46.1 Å². The summed E-state index contributed by atoms with van der Waals surface area (Å²) in [6.07, 6.45) is 0.480. The zero-order chi connectivity index (χ0) is 15.7. The standard InChI is InChI=1S/C15H10N6O/c1-8-12(13(18)14-15(19-8)21-22-20-14)5-9-2-3-10(6-16)11(4-9)7-17/h2-4H,5,18H2,1H3. The SMILES string of the molecule is Cc1nc2nonc2c(N)c1Cc1ccc(C#N)c(C#N)c1. The molecule has 0 atom stereocenters. The first-order valence-electron chi connectivity index (χ1n) is 6.44. The number of nitrogens with two attached hydrogens (primary N) is 1. The Morgan fingerprint density at radius 3 is 2.68 bits per heavy atom. The first-order chi connectivity index (χ1) is 10.6. The molecule has 2 N–H and O–H groups in total. The monoisotopic (exact) mass is 290 g/mol. The lowest BCUT2D eigenvalue weighted by atomic mass is 9.98. The van der Waals surface area contributed by atoms with E-state index in [1.165, 1.54) is 0 Å². The Morgan fingerprint density at radius 2 is 1.95 bits per heavy atom. The van der Waals surface area contributed by atoms with Crippen molar-refractivity contribution in [2.75, 3.05) is 5.73 Å². The number of pyridine rings is 1. The fourth-order valence-corrected chi connectivity index (χ4v) is 2.31. The second-order valence-electron chi connectivity index (χ2n) is 4.81. The minimum absolute atomic E-state index is 0.341. The van der Waals surface area contributed by atoms with Gasteiger partial charge in [0.2, 0.25) is 5.65 Å². The van der Waals surface area contributed by atoms with E-state index >= 15 is 0 Å². The highest BCUT2D eigenvalue weighted by Crippen LogP contribution is 2.26. The summed E-state index contributed by atoms with van der Waals surface area (Å²) in [5.74, 6) is 0. The summed E-state index contributed by atoms with van der Waals surface area (Å²) in [4.78, 5) is 4.30. The number of aromatic nitrogens is 3. The predicted molar refractivity (Wildman–Crippen MR) is 77.4 cm³/mol. The number of rotatable bonds is 2. The van der Waals surface area contributed by atoms with Crippen LogP contribution in [0.4, 0.5) is 5.69 Å². The van der Waals surface area contributed by atoms with E-state index in [0.29, 0.717) is 34.4 Å². The van der Waals surface area contributed by atoms with Crippen molar-refractivity contribution >= 4 is 16.9 Å². The van der Waals surface area contributed by atoms with E-state index in [1.807, 2.05) is 19.1 Å². The van der Waals surface area contributed by atoms with Crippen LogP contribution < -0.4 is 5.73 Å². The molecule has 0 spiro atoms. The van der Waals surface area contributed by atoms with Crippen molar-refractivity contribution in [2.45, 2.75) is 13.3 Å². The number of hydrogen-bond acceptors (Lipinski definition) is 7. The molecule has 0 aliphatic rings. The minimum Gasteiger partial charge on any atom is -0.396 e. The molecule has 0 aliphatic carbocycles. The number of hydrogen-bond donors (Lipinski definition) is 1. The van der Waals surface area contributed by atoms with Crippen LogP contribution >= 0.6 is 0 Å². The average molecular weight is 290 g/mol. The van der Waals surface area contributed by atoms with Crippen molar-refractivity contribution in [2.24, 2.45) is 0 Å². The summed E-state index contributed by atoms with van der Waals surface area (Å²) >= 11 is 0. The Kier molecular flexibility index (Phi) is 3.17. The topological polar surface area (TPSA) is 125 Å². The molecule has 2 aromatic heterocycles. The lowest BCUT2D eigenvalue weighted by Crippen LogP contribution is -2.03. The largest absolute Gasteiger partial charge is 0.396 e. The number of fused-ring (bicyclic) bond motifs is 1. The normalized spacial score (nSPS) is 10.3. The lowest BCUT2D eigenvalue weighted by molar-refractivity contribution is 0.315. The van der Waals surface area contributed by atoms with Crippen LogP contribution in [0, 0.1) is 29.6 Å². The van der Waals surface area contributed by atoms with Gasteiger partial charge in [0.1, 0.15) is 12.1 Å².